The number of nitrogens with one attached hydrogen (secondary N) is 1. The van der Waals surface area contributed by atoms with Gasteiger partial charge in [0, 0.05) is 19.2 Å². The fourth-order valence-electron chi connectivity index (χ4n) is 3.29. The molecule has 0 saturated carbocycles. The topological polar surface area (TPSA) is 61.8 Å². The summed E-state index contributed by atoms with van der Waals surface area (Å²) < 4.78 is 5.23. The molecule has 5 nitrogen and oxygen atoms in total. The van der Waals surface area contributed by atoms with E-state index in [1.54, 1.807) is 7.11 Å². The predicted molar refractivity (Wildman–Crippen MR) is 95.2 cm³/mol. The number of carbonyl (C=O) groups is 1. The quantitative estimate of drug-likeness (QED) is 0.837. The van der Waals surface area contributed by atoms with Crippen LogP contribution in [0, 0.1) is 0 Å². The Morgan fingerprint density at radius 3 is 2.75 bits per heavy atom. The van der Waals surface area contributed by atoms with E-state index in [2.05, 4.69) is 17.4 Å². The van der Waals surface area contributed by atoms with Crippen molar-refractivity contribution in [3.63, 3.8) is 0 Å². The van der Waals surface area contributed by atoms with Gasteiger partial charge in [-0.05, 0) is 50.3 Å². The van der Waals surface area contributed by atoms with Crippen LogP contribution in [0.4, 0.5) is 4.79 Å². The first-order valence-corrected chi connectivity index (χ1v) is 8.97. The smallest absolute Gasteiger partial charge is 0.318 e. The molecule has 1 fully saturated rings. The highest BCUT2D eigenvalue weighted by Gasteiger charge is 2.27. The fraction of sp³-hybridized carbons (Fsp3) is 0.632. The lowest BCUT2D eigenvalue weighted by Crippen LogP contribution is -2.45. The van der Waals surface area contributed by atoms with Crippen LogP contribution in [0.25, 0.3) is 0 Å². The van der Waals surface area contributed by atoms with Crippen molar-refractivity contribution in [2.45, 2.75) is 57.5 Å². The number of urea groups is 1. The van der Waals surface area contributed by atoms with Crippen LogP contribution in [0.5, 0.6) is 5.75 Å². The van der Waals surface area contributed by atoms with E-state index in [0.29, 0.717) is 6.42 Å². The van der Waals surface area contributed by atoms with Crippen molar-refractivity contribution in [1.29, 1.82) is 0 Å². The number of rotatable bonds is 6. The highest BCUT2D eigenvalue weighted by Crippen LogP contribution is 2.31. The van der Waals surface area contributed by atoms with Gasteiger partial charge < -0.3 is 20.1 Å². The standard InChI is InChI=1S/C19H30N2O3/c1-15(7-6-14-22)20-19(23)21-13-5-3-4-8-18(21)16-9-11-17(24-2)12-10-16/h9-12,15,18,22H,3-8,13-14H2,1-2H3,(H,20,23). The van der Waals surface area contributed by atoms with E-state index in [1.165, 1.54) is 0 Å². The second-order valence-electron chi connectivity index (χ2n) is 6.55. The first kappa shape index (κ1) is 18.6. The van der Waals surface area contributed by atoms with Crippen molar-refractivity contribution < 1.29 is 14.6 Å². The van der Waals surface area contributed by atoms with Crippen molar-refractivity contribution >= 4 is 6.03 Å². The van der Waals surface area contributed by atoms with Crippen LogP contribution >= 0.6 is 0 Å². The minimum absolute atomic E-state index is 0.00292. The maximum absolute atomic E-state index is 12.8. The molecule has 2 rings (SSSR count). The van der Waals surface area contributed by atoms with Gasteiger partial charge in [-0.25, -0.2) is 4.79 Å². The number of hydrogen-bond donors (Lipinski definition) is 2. The van der Waals surface area contributed by atoms with Crippen LogP contribution in [0.1, 0.15) is 57.1 Å². The Kier molecular flexibility index (Phi) is 7.37. The minimum Gasteiger partial charge on any atom is -0.497 e. The Bertz CT molecular complexity index is 504. The van der Waals surface area contributed by atoms with Gasteiger partial charge in [0.25, 0.3) is 0 Å². The van der Waals surface area contributed by atoms with Gasteiger partial charge in [-0.15, -0.1) is 0 Å². The maximum Gasteiger partial charge on any atom is 0.318 e. The summed E-state index contributed by atoms with van der Waals surface area (Å²) in [5.74, 6) is 0.834. The molecule has 134 valence electrons. The zero-order chi connectivity index (χ0) is 17.4. The lowest BCUT2D eigenvalue weighted by atomic mass is 10.0. The summed E-state index contributed by atoms with van der Waals surface area (Å²) >= 11 is 0. The van der Waals surface area contributed by atoms with Gasteiger partial charge in [-0.3, -0.25) is 0 Å². The molecule has 1 saturated heterocycles. The second-order valence-corrected chi connectivity index (χ2v) is 6.55. The molecule has 0 aromatic heterocycles. The van der Waals surface area contributed by atoms with E-state index >= 15 is 0 Å². The third-order valence-electron chi connectivity index (χ3n) is 4.68. The zero-order valence-corrected chi connectivity index (χ0v) is 14.8. The summed E-state index contributed by atoms with van der Waals surface area (Å²) in [5.41, 5.74) is 1.16. The Balaban J connectivity index is 2.09. The van der Waals surface area contributed by atoms with Crippen molar-refractivity contribution in [2.75, 3.05) is 20.3 Å². The SMILES string of the molecule is COc1ccc(C2CCCCCN2C(=O)NC(C)CCCO)cc1. The molecule has 0 radical (unpaired) electrons. The molecule has 24 heavy (non-hydrogen) atoms. The normalized spacial score (nSPS) is 19.5. The number of carbonyl (C=O) groups excluding carboxylic acids is 1. The Morgan fingerprint density at radius 2 is 2.08 bits per heavy atom. The highest BCUT2D eigenvalue weighted by molar-refractivity contribution is 5.75. The predicted octanol–water partition coefficient (Wildman–Crippen LogP) is 3.48. The van der Waals surface area contributed by atoms with Crippen molar-refractivity contribution in [3.8, 4) is 5.75 Å². The molecule has 1 heterocycles. The Morgan fingerprint density at radius 1 is 1.33 bits per heavy atom. The van der Waals surface area contributed by atoms with Gasteiger partial charge >= 0.3 is 6.03 Å². The summed E-state index contributed by atoms with van der Waals surface area (Å²) in [6.07, 6.45) is 5.85. The third kappa shape index (κ3) is 5.13. The van der Waals surface area contributed by atoms with E-state index in [4.69, 9.17) is 9.84 Å². The molecule has 0 aliphatic carbocycles. The number of ether oxygens (including phenoxy) is 1. The van der Waals surface area contributed by atoms with Gasteiger partial charge in [-0.2, -0.15) is 0 Å². The van der Waals surface area contributed by atoms with Crippen LogP contribution in [0.15, 0.2) is 24.3 Å². The first-order valence-electron chi connectivity index (χ1n) is 8.97. The van der Waals surface area contributed by atoms with Gasteiger partial charge in [0.05, 0.1) is 13.2 Å². The second kappa shape index (κ2) is 9.52. The maximum atomic E-state index is 12.8. The van der Waals surface area contributed by atoms with Crippen molar-refractivity contribution in [3.05, 3.63) is 29.8 Å². The van der Waals surface area contributed by atoms with E-state index in [9.17, 15) is 4.79 Å². The number of likely N-dealkylation sites (tertiary alicyclic amines) is 1. The monoisotopic (exact) mass is 334 g/mol. The lowest BCUT2D eigenvalue weighted by Gasteiger charge is -2.32. The number of benzene rings is 1. The molecule has 1 aromatic rings. The molecular formula is C19H30N2O3. The lowest BCUT2D eigenvalue weighted by molar-refractivity contribution is 0.171. The molecule has 0 spiro atoms. The fourth-order valence-corrected chi connectivity index (χ4v) is 3.29. The molecule has 2 N–H and O–H groups in total. The van der Waals surface area contributed by atoms with E-state index in [-0.39, 0.29) is 24.7 Å². The van der Waals surface area contributed by atoms with E-state index in [1.807, 2.05) is 24.0 Å². The average Bonchev–Trinajstić information content (AvgIpc) is 2.86. The molecule has 1 aliphatic rings. The van der Waals surface area contributed by atoms with Crippen LogP contribution in [0.2, 0.25) is 0 Å². The van der Waals surface area contributed by atoms with Crippen LogP contribution < -0.4 is 10.1 Å². The number of aliphatic hydroxyl groups excluding tert-OH is 1. The summed E-state index contributed by atoms with van der Waals surface area (Å²) in [7, 11) is 1.66. The molecule has 1 aromatic carbocycles. The molecule has 0 bridgehead atoms. The zero-order valence-electron chi connectivity index (χ0n) is 14.8. The van der Waals surface area contributed by atoms with Crippen LogP contribution in [-0.2, 0) is 0 Å². The molecule has 2 amide bonds. The van der Waals surface area contributed by atoms with Gasteiger partial charge in [0.1, 0.15) is 5.75 Å². The van der Waals surface area contributed by atoms with E-state index < -0.39 is 0 Å². The van der Waals surface area contributed by atoms with Crippen LogP contribution in [-0.4, -0.2) is 42.3 Å². The third-order valence-corrected chi connectivity index (χ3v) is 4.68. The summed E-state index contributed by atoms with van der Waals surface area (Å²) in [4.78, 5) is 14.7. The van der Waals surface area contributed by atoms with Gasteiger partial charge in [0.2, 0.25) is 0 Å². The first-order chi connectivity index (χ1) is 11.7. The van der Waals surface area contributed by atoms with E-state index in [0.717, 1.165) is 50.0 Å². The van der Waals surface area contributed by atoms with Crippen molar-refractivity contribution in [1.82, 2.24) is 10.2 Å². The van der Waals surface area contributed by atoms with Crippen LogP contribution in [0.3, 0.4) is 0 Å². The largest absolute Gasteiger partial charge is 0.497 e. The molecule has 2 unspecified atom stereocenters. The van der Waals surface area contributed by atoms with Crippen molar-refractivity contribution in [2.24, 2.45) is 0 Å². The Labute approximate surface area is 145 Å². The number of nitrogens with zero attached hydrogens (tertiary/aromatic N) is 1. The minimum atomic E-state index is 0.00292. The Hall–Kier alpha value is -1.75. The number of hydrogen-bond acceptors (Lipinski definition) is 3. The summed E-state index contributed by atoms with van der Waals surface area (Å²) in [6.45, 7) is 2.95. The van der Waals surface area contributed by atoms with Gasteiger partial charge in [0.15, 0.2) is 0 Å². The van der Waals surface area contributed by atoms with Gasteiger partial charge in [-0.1, -0.05) is 25.0 Å². The average molecular weight is 334 g/mol. The molecule has 5 heteroatoms. The molecule has 2 atom stereocenters. The highest BCUT2D eigenvalue weighted by atomic mass is 16.5. The molecular weight excluding hydrogens is 304 g/mol. The summed E-state index contributed by atoms with van der Waals surface area (Å²) in [5, 5.41) is 12.0. The number of methoxy groups -OCH3 is 1. The number of amides is 2. The molecule has 1 aliphatic heterocycles. The summed E-state index contributed by atoms with van der Waals surface area (Å²) in [6, 6.07) is 8.23. The number of aliphatic hydroxyl groups is 1.